The van der Waals surface area contributed by atoms with Crippen molar-refractivity contribution >= 4 is 0 Å². The molecule has 230 valence electrons. The number of hydrogen-bond donors (Lipinski definition) is 6. The smallest absolute Gasteiger partial charge is 0.104 e. The minimum atomic E-state index is -0.831. The first kappa shape index (κ1) is 37.5. The molecular formula is C25H52O13. The highest BCUT2D eigenvalue weighted by Crippen LogP contribution is 2.11. The summed E-state index contributed by atoms with van der Waals surface area (Å²) in [7, 11) is 0. The number of ether oxygens (including phenoxy) is 7. The van der Waals surface area contributed by atoms with Crippen LogP contribution in [0, 0.1) is 0 Å². The van der Waals surface area contributed by atoms with E-state index in [1.165, 1.54) is 6.42 Å². The molecule has 38 heavy (non-hydrogen) atoms. The Morgan fingerprint density at radius 3 is 1.21 bits per heavy atom. The van der Waals surface area contributed by atoms with Crippen molar-refractivity contribution < 1.29 is 63.8 Å². The van der Waals surface area contributed by atoms with E-state index in [-0.39, 0.29) is 39.6 Å². The first-order chi connectivity index (χ1) is 18.5. The van der Waals surface area contributed by atoms with E-state index in [4.69, 9.17) is 63.8 Å². The molecule has 3 fully saturated rings. The molecule has 5 unspecified atom stereocenters. The lowest BCUT2D eigenvalue weighted by molar-refractivity contribution is -0.0149. The van der Waals surface area contributed by atoms with Crippen molar-refractivity contribution in [2.75, 3.05) is 99.1 Å². The molecule has 3 rings (SSSR count). The molecule has 6 N–H and O–H groups in total. The van der Waals surface area contributed by atoms with Gasteiger partial charge >= 0.3 is 0 Å². The van der Waals surface area contributed by atoms with Crippen LogP contribution in [0.2, 0.25) is 0 Å². The molecule has 3 aliphatic heterocycles. The van der Waals surface area contributed by atoms with E-state index in [0.29, 0.717) is 44.4 Å². The maximum atomic E-state index is 8.90. The van der Waals surface area contributed by atoms with E-state index in [1.807, 2.05) is 0 Å². The number of hydrogen-bond acceptors (Lipinski definition) is 13. The third kappa shape index (κ3) is 31.7. The minimum absolute atomic E-state index is 0.0938. The van der Waals surface area contributed by atoms with Gasteiger partial charge in [0.25, 0.3) is 0 Å². The van der Waals surface area contributed by atoms with Crippen molar-refractivity contribution in [3.8, 4) is 0 Å². The van der Waals surface area contributed by atoms with Gasteiger partial charge in [-0.15, -0.1) is 0 Å². The second kappa shape index (κ2) is 28.0. The van der Waals surface area contributed by atoms with Crippen LogP contribution in [-0.2, 0) is 33.2 Å². The average Bonchev–Trinajstić information content (AvgIpc) is 3.79. The van der Waals surface area contributed by atoms with E-state index < -0.39 is 12.2 Å². The summed E-state index contributed by atoms with van der Waals surface area (Å²) in [6.45, 7) is 8.54. The summed E-state index contributed by atoms with van der Waals surface area (Å²) in [5.41, 5.74) is 0. The molecule has 0 saturated carbocycles. The second-order valence-electron chi connectivity index (χ2n) is 8.75. The SMILES string of the molecule is C(COCC1CO1)COCC1CO1.CCC1CO1.OCC(O)COCCCOCC(O)CO.OCCCO. The molecule has 5 atom stereocenters. The van der Waals surface area contributed by atoms with Crippen LogP contribution >= 0.6 is 0 Å². The van der Waals surface area contributed by atoms with E-state index in [2.05, 4.69) is 6.92 Å². The van der Waals surface area contributed by atoms with Gasteiger partial charge in [-0.3, -0.25) is 0 Å². The molecule has 0 spiro atoms. The van der Waals surface area contributed by atoms with Crippen molar-refractivity contribution in [2.24, 2.45) is 0 Å². The molecule has 0 aromatic heterocycles. The van der Waals surface area contributed by atoms with Crippen molar-refractivity contribution in [3.05, 3.63) is 0 Å². The number of epoxide rings is 3. The highest BCUT2D eigenvalue weighted by molar-refractivity contribution is 4.68. The Hall–Kier alpha value is -0.520. The molecule has 3 heterocycles. The fraction of sp³-hybridized carbons (Fsp3) is 1.00. The van der Waals surface area contributed by atoms with Crippen molar-refractivity contribution in [1.82, 2.24) is 0 Å². The second-order valence-corrected chi connectivity index (χ2v) is 8.75. The molecule has 0 aromatic carbocycles. The molecule has 0 aliphatic carbocycles. The predicted octanol–water partition coefficient (Wildman–Crippen LogP) is -1.52. The Balaban J connectivity index is 0.000000533. The van der Waals surface area contributed by atoms with Crippen molar-refractivity contribution in [2.45, 2.75) is 63.1 Å². The van der Waals surface area contributed by atoms with Gasteiger partial charge in [-0.2, -0.15) is 0 Å². The van der Waals surface area contributed by atoms with Crippen LogP contribution in [0.25, 0.3) is 0 Å². The molecule has 0 radical (unpaired) electrons. The van der Waals surface area contributed by atoms with Gasteiger partial charge in [0, 0.05) is 39.6 Å². The molecule has 0 aromatic rings. The van der Waals surface area contributed by atoms with Crippen LogP contribution in [0.4, 0.5) is 0 Å². The quantitative estimate of drug-likeness (QED) is 0.0700. The Bertz CT molecular complexity index is 431. The first-order valence-corrected chi connectivity index (χ1v) is 13.5. The zero-order valence-electron chi connectivity index (χ0n) is 22.9. The van der Waals surface area contributed by atoms with E-state index in [0.717, 1.165) is 52.7 Å². The van der Waals surface area contributed by atoms with Crippen molar-refractivity contribution in [3.63, 3.8) is 0 Å². The van der Waals surface area contributed by atoms with Gasteiger partial charge in [-0.1, -0.05) is 6.92 Å². The Kier molecular flexibility index (Phi) is 27.6. The lowest BCUT2D eigenvalue weighted by Crippen LogP contribution is -2.21. The molecule has 0 amide bonds. The Morgan fingerprint density at radius 1 is 0.605 bits per heavy atom. The molecule has 0 bridgehead atoms. The largest absolute Gasteiger partial charge is 0.396 e. The summed E-state index contributed by atoms with van der Waals surface area (Å²) >= 11 is 0. The van der Waals surface area contributed by atoms with E-state index in [9.17, 15) is 0 Å². The monoisotopic (exact) mass is 560 g/mol. The summed E-state index contributed by atoms with van der Waals surface area (Å²) in [6.07, 6.45) is 3.01. The van der Waals surface area contributed by atoms with E-state index in [1.54, 1.807) is 0 Å². The van der Waals surface area contributed by atoms with Crippen LogP contribution in [0.5, 0.6) is 0 Å². The van der Waals surface area contributed by atoms with Gasteiger partial charge in [0.1, 0.15) is 24.4 Å². The van der Waals surface area contributed by atoms with Gasteiger partial charge in [0.05, 0.1) is 65.6 Å². The number of aliphatic hydroxyl groups excluding tert-OH is 6. The summed E-state index contributed by atoms with van der Waals surface area (Å²) in [4.78, 5) is 0. The van der Waals surface area contributed by atoms with Crippen LogP contribution in [-0.4, -0.2) is 160 Å². The number of aliphatic hydroxyl groups is 6. The Labute approximate surface area is 226 Å². The topological polar surface area (TPSA) is 196 Å². The van der Waals surface area contributed by atoms with E-state index >= 15 is 0 Å². The average molecular weight is 561 g/mol. The summed E-state index contributed by atoms with van der Waals surface area (Å²) < 4.78 is 35.6. The highest BCUT2D eigenvalue weighted by Gasteiger charge is 2.23. The maximum Gasteiger partial charge on any atom is 0.104 e. The fourth-order valence-corrected chi connectivity index (χ4v) is 2.20. The summed E-state index contributed by atoms with van der Waals surface area (Å²) in [6, 6.07) is 0. The minimum Gasteiger partial charge on any atom is -0.396 e. The van der Waals surface area contributed by atoms with Gasteiger partial charge in [-0.25, -0.2) is 0 Å². The summed E-state index contributed by atoms with van der Waals surface area (Å²) in [5, 5.41) is 50.5. The zero-order valence-corrected chi connectivity index (χ0v) is 22.9. The van der Waals surface area contributed by atoms with Gasteiger partial charge in [0.2, 0.25) is 0 Å². The molecule has 3 saturated heterocycles. The third-order valence-corrected chi connectivity index (χ3v) is 4.78. The molecule has 3 aliphatic rings. The standard InChI is InChI=1S/C9H20O6.C9H16O4.C4H8O.C3H8O2/c10-4-8(12)6-14-2-1-3-15-7-9(13)5-11;1(2-10-4-8-6-12-8)3-11-5-9-7-13-9;1-2-4-3-5-4;4-2-1-3-5/h8-13H,1-7H2;8-9H,1-7H2;4H,2-3H2,1H3;4-5H,1-3H2. The Morgan fingerprint density at radius 2 is 0.974 bits per heavy atom. The normalized spacial score (nSPS) is 22.0. The highest BCUT2D eigenvalue weighted by atomic mass is 16.6. The molecular weight excluding hydrogens is 508 g/mol. The maximum absolute atomic E-state index is 8.90. The van der Waals surface area contributed by atoms with Gasteiger partial charge in [0.15, 0.2) is 0 Å². The lowest BCUT2D eigenvalue weighted by Gasteiger charge is -2.09. The molecule has 13 nitrogen and oxygen atoms in total. The van der Waals surface area contributed by atoms with Crippen LogP contribution < -0.4 is 0 Å². The fourth-order valence-electron chi connectivity index (χ4n) is 2.20. The predicted molar refractivity (Wildman–Crippen MR) is 137 cm³/mol. The van der Waals surface area contributed by atoms with Crippen LogP contribution in [0.15, 0.2) is 0 Å². The zero-order chi connectivity index (χ0) is 28.3. The van der Waals surface area contributed by atoms with Crippen LogP contribution in [0.3, 0.4) is 0 Å². The van der Waals surface area contributed by atoms with Crippen LogP contribution in [0.1, 0.15) is 32.6 Å². The third-order valence-electron chi connectivity index (χ3n) is 4.78. The molecule has 13 heteroatoms. The first-order valence-electron chi connectivity index (χ1n) is 13.5. The summed E-state index contributed by atoms with van der Waals surface area (Å²) in [5.74, 6) is 0. The lowest BCUT2D eigenvalue weighted by atomic mass is 10.4. The number of rotatable bonds is 21. The van der Waals surface area contributed by atoms with Gasteiger partial charge in [-0.05, 0) is 25.7 Å². The van der Waals surface area contributed by atoms with Gasteiger partial charge < -0.3 is 63.8 Å². The van der Waals surface area contributed by atoms with Crippen molar-refractivity contribution in [1.29, 1.82) is 0 Å².